The second-order valence-corrected chi connectivity index (χ2v) is 2.64. The molecule has 0 amide bonds. The highest BCUT2D eigenvalue weighted by Crippen LogP contribution is 1.95. The Kier molecular flexibility index (Phi) is 6.61. The summed E-state index contributed by atoms with van der Waals surface area (Å²) < 4.78 is 0. The van der Waals surface area contributed by atoms with Gasteiger partial charge in [-0.05, 0) is 39.8 Å². The van der Waals surface area contributed by atoms with Gasteiger partial charge in [-0.2, -0.15) is 0 Å². The summed E-state index contributed by atoms with van der Waals surface area (Å²) in [6.45, 7) is 8.74. The third-order valence-electron chi connectivity index (χ3n) is 1.62. The molecule has 0 aromatic heterocycles. The van der Waals surface area contributed by atoms with E-state index in [4.69, 9.17) is 0 Å². The van der Waals surface area contributed by atoms with E-state index >= 15 is 0 Å². The molecule has 0 aromatic carbocycles. The first-order chi connectivity index (χ1) is 4.81. The van der Waals surface area contributed by atoms with Gasteiger partial charge in [-0.3, -0.25) is 0 Å². The maximum Gasteiger partial charge on any atom is -0.00117 e. The van der Waals surface area contributed by atoms with E-state index < -0.39 is 0 Å². The van der Waals surface area contributed by atoms with Crippen LogP contribution in [0.25, 0.3) is 0 Å². The summed E-state index contributed by atoms with van der Waals surface area (Å²) in [6, 6.07) is 0. The van der Waals surface area contributed by atoms with Crippen molar-refractivity contribution >= 4 is 0 Å². The van der Waals surface area contributed by atoms with Gasteiger partial charge >= 0.3 is 0 Å². The molecular formula is C9H19N. The molecule has 0 rings (SSSR count). The van der Waals surface area contributed by atoms with Crippen LogP contribution in [0.2, 0.25) is 0 Å². The topological polar surface area (TPSA) is 12.0 Å². The minimum Gasteiger partial charge on any atom is -0.316 e. The smallest absolute Gasteiger partial charge is 0.00117 e. The van der Waals surface area contributed by atoms with Crippen LogP contribution in [-0.4, -0.2) is 13.1 Å². The highest BCUT2D eigenvalue weighted by Gasteiger charge is 1.86. The second kappa shape index (κ2) is 6.81. The van der Waals surface area contributed by atoms with Crippen molar-refractivity contribution < 1.29 is 0 Å². The molecule has 0 saturated carbocycles. The minimum atomic E-state index is 1.13. The van der Waals surface area contributed by atoms with E-state index in [9.17, 15) is 0 Å². The van der Waals surface area contributed by atoms with Crippen LogP contribution in [0.5, 0.6) is 0 Å². The van der Waals surface area contributed by atoms with E-state index in [2.05, 4.69) is 32.2 Å². The first kappa shape index (κ1) is 9.70. The standard InChI is InChI=1S/C9H19N/c1-4-7-10-8-6-9(3)5-2/h5,10H,4,6-8H2,1-3H3. The Morgan fingerprint density at radius 1 is 1.40 bits per heavy atom. The lowest BCUT2D eigenvalue weighted by molar-refractivity contribution is 0.669. The average molecular weight is 141 g/mol. The van der Waals surface area contributed by atoms with Crippen LogP contribution < -0.4 is 5.32 Å². The molecule has 0 atom stereocenters. The number of allylic oxidation sites excluding steroid dienone is 1. The van der Waals surface area contributed by atoms with Crippen LogP contribution in [-0.2, 0) is 0 Å². The Labute approximate surface area is 64.5 Å². The monoisotopic (exact) mass is 141 g/mol. The Bertz CT molecular complexity index is 94.9. The largest absolute Gasteiger partial charge is 0.316 e. The normalized spacial score (nSPS) is 12.1. The zero-order valence-corrected chi connectivity index (χ0v) is 7.41. The minimum absolute atomic E-state index is 1.13. The molecule has 1 N–H and O–H groups in total. The summed E-state index contributed by atoms with van der Waals surface area (Å²) in [5.41, 5.74) is 1.48. The van der Waals surface area contributed by atoms with Crippen LogP contribution in [0.15, 0.2) is 11.6 Å². The number of hydrogen-bond acceptors (Lipinski definition) is 1. The second-order valence-electron chi connectivity index (χ2n) is 2.64. The van der Waals surface area contributed by atoms with E-state index in [1.807, 2.05) is 0 Å². The van der Waals surface area contributed by atoms with Crippen molar-refractivity contribution in [3.05, 3.63) is 11.6 Å². The van der Waals surface area contributed by atoms with Gasteiger partial charge in [0.05, 0.1) is 0 Å². The fourth-order valence-corrected chi connectivity index (χ4v) is 0.732. The summed E-state index contributed by atoms with van der Waals surface area (Å²) >= 11 is 0. The number of rotatable bonds is 5. The molecule has 0 fully saturated rings. The van der Waals surface area contributed by atoms with Crippen molar-refractivity contribution in [1.82, 2.24) is 5.32 Å². The molecule has 0 aliphatic rings. The van der Waals surface area contributed by atoms with Gasteiger partial charge in [-0.25, -0.2) is 0 Å². The molecule has 0 spiro atoms. The predicted molar refractivity (Wildman–Crippen MR) is 47.2 cm³/mol. The van der Waals surface area contributed by atoms with E-state index in [1.165, 1.54) is 18.4 Å². The predicted octanol–water partition coefficient (Wildman–Crippen LogP) is 2.34. The molecule has 0 heterocycles. The molecule has 0 aromatic rings. The summed E-state index contributed by atoms with van der Waals surface area (Å²) in [7, 11) is 0. The molecule has 0 radical (unpaired) electrons. The number of hydrogen-bond donors (Lipinski definition) is 1. The van der Waals surface area contributed by atoms with E-state index in [0.717, 1.165) is 13.1 Å². The maximum atomic E-state index is 3.36. The molecule has 0 aliphatic heterocycles. The SMILES string of the molecule is CC=C(C)CCNCCC. The van der Waals surface area contributed by atoms with Gasteiger partial charge in [0, 0.05) is 0 Å². The third-order valence-corrected chi connectivity index (χ3v) is 1.62. The summed E-state index contributed by atoms with van der Waals surface area (Å²) in [5.74, 6) is 0. The zero-order valence-electron chi connectivity index (χ0n) is 7.41. The molecule has 10 heavy (non-hydrogen) atoms. The molecule has 0 unspecified atom stereocenters. The third kappa shape index (κ3) is 5.83. The van der Waals surface area contributed by atoms with Crippen molar-refractivity contribution in [2.75, 3.05) is 13.1 Å². The van der Waals surface area contributed by atoms with Gasteiger partial charge in [0.2, 0.25) is 0 Å². The van der Waals surface area contributed by atoms with Crippen molar-refractivity contribution in [2.45, 2.75) is 33.6 Å². The van der Waals surface area contributed by atoms with E-state index in [-0.39, 0.29) is 0 Å². The van der Waals surface area contributed by atoms with Gasteiger partial charge in [0.1, 0.15) is 0 Å². The highest BCUT2D eigenvalue weighted by atomic mass is 14.8. The molecule has 60 valence electrons. The van der Waals surface area contributed by atoms with Crippen molar-refractivity contribution in [3.8, 4) is 0 Å². The first-order valence-corrected chi connectivity index (χ1v) is 4.13. The van der Waals surface area contributed by atoms with Gasteiger partial charge in [-0.15, -0.1) is 0 Å². The Morgan fingerprint density at radius 2 is 2.10 bits per heavy atom. The summed E-state index contributed by atoms with van der Waals surface area (Å²) in [6.07, 6.45) is 4.60. The van der Waals surface area contributed by atoms with E-state index in [0.29, 0.717) is 0 Å². The highest BCUT2D eigenvalue weighted by molar-refractivity contribution is 4.95. The van der Waals surface area contributed by atoms with Crippen LogP contribution in [0.3, 0.4) is 0 Å². The van der Waals surface area contributed by atoms with Gasteiger partial charge in [0.25, 0.3) is 0 Å². The molecular weight excluding hydrogens is 122 g/mol. The Hall–Kier alpha value is -0.300. The molecule has 0 bridgehead atoms. The Morgan fingerprint density at radius 3 is 2.60 bits per heavy atom. The van der Waals surface area contributed by atoms with Gasteiger partial charge < -0.3 is 5.32 Å². The lowest BCUT2D eigenvalue weighted by Crippen LogP contribution is -2.15. The molecule has 0 aliphatic carbocycles. The van der Waals surface area contributed by atoms with Gasteiger partial charge in [-0.1, -0.05) is 18.6 Å². The maximum absolute atomic E-state index is 3.36. The molecule has 1 heteroatoms. The fraction of sp³-hybridized carbons (Fsp3) is 0.778. The average Bonchev–Trinajstić information content (AvgIpc) is 1.98. The van der Waals surface area contributed by atoms with E-state index in [1.54, 1.807) is 0 Å². The number of nitrogens with one attached hydrogen (secondary N) is 1. The quantitative estimate of drug-likeness (QED) is 0.458. The molecule has 0 saturated heterocycles. The zero-order chi connectivity index (χ0) is 7.82. The Balaban J connectivity index is 3.04. The first-order valence-electron chi connectivity index (χ1n) is 4.13. The molecule has 1 nitrogen and oxygen atoms in total. The van der Waals surface area contributed by atoms with Crippen molar-refractivity contribution in [2.24, 2.45) is 0 Å². The lowest BCUT2D eigenvalue weighted by atomic mass is 10.2. The summed E-state index contributed by atoms with van der Waals surface area (Å²) in [5, 5.41) is 3.36. The van der Waals surface area contributed by atoms with Gasteiger partial charge in [0.15, 0.2) is 0 Å². The summed E-state index contributed by atoms with van der Waals surface area (Å²) in [4.78, 5) is 0. The fourth-order valence-electron chi connectivity index (χ4n) is 0.732. The van der Waals surface area contributed by atoms with Crippen LogP contribution in [0.1, 0.15) is 33.6 Å². The lowest BCUT2D eigenvalue weighted by Gasteiger charge is -2.01. The van der Waals surface area contributed by atoms with Crippen molar-refractivity contribution in [3.63, 3.8) is 0 Å². The van der Waals surface area contributed by atoms with Crippen LogP contribution >= 0.6 is 0 Å². The van der Waals surface area contributed by atoms with Crippen molar-refractivity contribution in [1.29, 1.82) is 0 Å². The van der Waals surface area contributed by atoms with Crippen LogP contribution in [0.4, 0.5) is 0 Å². The van der Waals surface area contributed by atoms with Crippen LogP contribution in [0, 0.1) is 0 Å².